The first-order chi connectivity index (χ1) is 5.84. The van der Waals surface area contributed by atoms with Crippen LogP contribution in [0.5, 0.6) is 0 Å². The van der Waals surface area contributed by atoms with Crippen LogP contribution in [0.1, 0.15) is 19.3 Å². The Morgan fingerprint density at radius 3 is 2.67 bits per heavy atom. The summed E-state index contributed by atoms with van der Waals surface area (Å²) in [6.45, 7) is 0.701. The molecular weight excluding hydrogens is 156 g/mol. The predicted molar refractivity (Wildman–Crippen MR) is 41.5 cm³/mol. The van der Waals surface area contributed by atoms with Gasteiger partial charge in [-0.1, -0.05) is 0 Å². The maximum absolute atomic E-state index is 9.31. The van der Waals surface area contributed by atoms with E-state index in [4.69, 9.17) is 9.47 Å². The summed E-state index contributed by atoms with van der Waals surface area (Å²) in [5.74, 6) is 1.15. The highest BCUT2D eigenvalue weighted by molar-refractivity contribution is 4.97. The third-order valence-corrected chi connectivity index (χ3v) is 3.55. The molecule has 1 N–H and O–H groups in total. The standard InChI is InChI=1S/C9H14O3/c10-9-3-5-6(4-11-9)8-2-1-7(5)12-8/h5-10H,1-4H2/t5-,6?,7?,8?,9?/m1/s1. The zero-order chi connectivity index (χ0) is 8.13. The zero-order valence-electron chi connectivity index (χ0n) is 6.98. The number of aliphatic hydroxyl groups excluding tert-OH is 1. The fourth-order valence-corrected chi connectivity index (χ4v) is 2.95. The lowest BCUT2D eigenvalue weighted by Gasteiger charge is -2.34. The van der Waals surface area contributed by atoms with Crippen molar-refractivity contribution in [2.24, 2.45) is 11.8 Å². The average Bonchev–Trinajstić information content (AvgIpc) is 2.63. The van der Waals surface area contributed by atoms with Crippen LogP contribution in [0.25, 0.3) is 0 Å². The van der Waals surface area contributed by atoms with Crippen LogP contribution in [0.4, 0.5) is 0 Å². The summed E-state index contributed by atoms with van der Waals surface area (Å²) in [5.41, 5.74) is 0. The van der Waals surface area contributed by atoms with Gasteiger partial charge in [-0.05, 0) is 18.8 Å². The topological polar surface area (TPSA) is 38.7 Å². The molecule has 12 heavy (non-hydrogen) atoms. The molecule has 2 bridgehead atoms. The van der Waals surface area contributed by atoms with Gasteiger partial charge in [0.15, 0.2) is 6.29 Å². The minimum Gasteiger partial charge on any atom is -0.374 e. The lowest BCUT2D eigenvalue weighted by atomic mass is 9.76. The van der Waals surface area contributed by atoms with Crippen LogP contribution in [0.15, 0.2) is 0 Å². The third-order valence-electron chi connectivity index (χ3n) is 3.55. The molecular formula is C9H14O3. The maximum Gasteiger partial charge on any atom is 0.154 e. The Hall–Kier alpha value is -0.120. The highest BCUT2D eigenvalue weighted by Crippen LogP contribution is 2.47. The van der Waals surface area contributed by atoms with E-state index in [0.717, 1.165) is 6.42 Å². The Morgan fingerprint density at radius 2 is 1.83 bits per heavy atom. The summed E-state index contributed by atoms with van der Waals surface area (Å²) in [4.78, 5) is 0. The Bertz CT molecular complexity index is 194. The second-order valence-corrected chi connectivity index (χ2v) is 4.14. The molecule has 3 heterocycles. The lowest BCUT2D eigenvalue weighted by Crippen LogP contribution is -2.39. The van der Waals surface area contributed by atoms with Gasteiger partial charge in [0.25, 0.3) is 0 Å². The molecule has 3 saturated heterocycles. The van der Waals surface area contributed by atoms with Gasteiger partial charge in [0, 0.05) is 12.3 Å². The Morgan fingerprint density at radius 1 is 1.08 bits per heavy atom. The average molecular weight is 170 g/mol. The van der Waals surface area contributed by atoms with Gasteiger partial charge in [-0.3, -0.25) is 0 Å². The zero-order valence-corrected chi connectivity index (χ0v) is 6.98. The number of fused-ring (bicyclic) bond motifs is 5. The molecule has 3 fully saturated rings. The normalized spacial score (nSPS) is 57.2. The van der Waals surface area contributed by atoms with Crippen LogP contribution in [0.2, 0.25) is 0 Å². The van der Waals surface area contributed by atoms with E-state index >= 15 is 0 Å². The first-order valence-corrected chi connectivity index (χ1v) is 4.80. The fraction of sp³-hybridized carbons (Fsp3) is 1.00. The Labute approximate surface area is 71.7 Å². The van der Waals surface area contributed by atoms with Crippen molar-refractivity contribution in [1.29, 1.82) is 0 Å². The molecule has 3 rings (SSSR count). The van der Waals surface area contributed by atoms with E-state index in [0.29, 0.717) is 30.7 Å². The lowest BCUT2D eigenvalue weighted by molar-refractivity contribution is -0.159. The van der Waals surface area contributed by atoms with E-state index in [1.807, 2.05) is 0 Å². The minimum atomic E-state index is -0.533. The molecule has 0 aliphatic carbocycles. The van der Waals surface area contributed by atoms with Gasteiger partial charge in [0.05, 0.1) is 18.8 Å². The molecule has 4 unspecified atom stereocenters. The van der Waals surface area contributed by atoms with Gasteiger partial charge in [-0.15, -0.1) is 0 Å². The molecule has 0 amide bonds. The molecule has 0 aromatic rings. The Balaban J connectivity index is 1.81. The number of rotatable bonds is 0. The molecule has 0 aromatic carbocycles. The summed E-state index contributed by atoms with van der Waals surface area (Å²) in [5, 5.41) is 9.31. The van der Waals surface area contributed by atoms with Crippen LogP contribution in [-0.4, -0.2) is 30.2 Å². The second kappa shape index (κ2) is 2.44. The maximum atomic E-state index is 9.31. The van der Waals surface area contributed by atoms with Crippen molar-refractivity contribution < 1.29 is 14.6 Å². The number of hydrogen-bond donors (Lipinski definition) is 1. The quantitative estimate of drug-likeness (QED) is 0.576. The molecule has 5 atom stereocenters. The minimum absolute atomic E-state index is 0.429. The fourth-order valence-electron chi connectivity index (χ4n) is 2.95. The first-order valence-electron chi connectivity index (χ1n) is 4.80. The van der Waals surface area contributed by atoms with E-state index in [9.17, 15) is 5.11 Å². The molecule has 68 valence electrons. The first kappa shape index (κ1) is 7.30. The van der Waals surface area contributed by atoms with Crippen LogP contribution in [0.3, 0.4) is 0 Å². The smallest absolute Gasteiger partial charge is 0.154 e. The van der Waals surface area contributed by atoms with Gasteiger partial charge in [0.1, 0.15) is 0 Å². The number of ether oxygens (including phenoxy) is 2. The molecule has 0 aromatic heterocycles. The van der Waals surface area contributed by atoms with Crippen LogP contribution < -0.4 is 0 Å². The molecule has 0 radical (unpaired) electrons. The van der Waals surface area contributed by atoms with Gasteiger partial charge in [0.2, 0.25) is 0 Å². The summed E-state index contributed by atoms with van der Waals surface area (Å²) >= 11 is 0. The highest BCUT2D eigenvalue weighted by atomic mass is 16.6. The van der Waals surface area contributed by atoms with E-state index < -0.39 is 6.29 Å². The summed E-state index contributed by atoms with van der Waals surface area (Å²) in [7, 11) is 0. The van der Waals surface area contributed by atoms with Gasteiger partial charge in [-0.25, -0.2) is 0 Å². The van der Waals surface area contributed by atoms with Crippen molar-refractivity contribution in [3.8, 4) is 0 Å². The summed E-state index contributed by atoms with van der Waals surface area (Å²) in [6.07, 6.45) is 3.51. The second-order valence-electron chi connectivity index (χ2n) is 4.14. The molecule has 0 spiro atoms. The number of hydrogen-bond acceptors (Lipinski definition) is 3. The molecule has 3 aliphatic heterocycles. The third kappa shape index (κ3) is 0.873. The Kier molecular flexibility index (Phi) is 1.48. The van der Waals surface area contributed by atoms with Crippen molar-refractivity contribution in [3.63, 3.8) is 0 Å². The van der Waals surface area contributed by atoms with Crippen molar-refractivity contribution >= 4 is 0 Å². The predicted octanol–water partition coefficient (Wildman–Crippen LogP) is 0.519. The summed E-state index contributed by atoms with van der Waals surface area (Å²) < 4.78 is 11.0. The van der Waals surface area contributed by atoms with E-state index in [-0.39, 0.29) is 0 Å². The van der Waals surface area contributed by atoms with Crippen molar-refractivity contribution in [2.75, 3.05) is 6.61 Å². The molecule has 3 heteroatoms. The SMILES string of the molecule is OC1C[C@H]2C3CCC(O3)C2CO1. The van der Waals surface area contributed by atoms with E-state index in [1.54, 1.807) is 0 Å². The van der Waals surface area contributed by atoms with Gasteiger partial charge >= 0.3 is 0 Å². The van der Waals surface area contributed by atoms with Crippen molar-refractivity contribution in [1.82, 2.24) is 0 Å². The monoisotopic (exact) mass is 170 g/mol. The molecule has 3 aliphatic rings. The number of aliphatic hydroxyl groups is 1. The molecule has 3 nitrogen and oxygen atoms in total. The largest absolute Gasteiger partial charge is 0.374 e. The van der Waals surface area contributed by atoms with Crippen LogP contribution in [0, 0.1) is 11.8 Å². The van der Waals surface area contributed by atoms with Crippen molar-refractivity contribution in [2.45, 2.75) is 37.8 Å². The molecule has 0 saturated carbocycles. The van der Waals surface area contributed by atoms with Crippen LogP contribution >= 0.6 is 0 Å². The summed E-state index contributed by atoms with van der Waals surface area (Å²) in [6, 6.07) is 0. The van der Waals surface area contributed by atoms with Crippen molar-refractivity contribution in [3.05, 3.63) is 0 Å². The highest BCUT2D eigenvalue weighted by Gasteiger charge is 2.51. The van der Waals surface area contributed by atoms with E-state index in [2.05, 4.69) is 0 Å². The van der Waals surface area contributed by atoms with E-state index in [1.165, 1.54) is 12.8 Å². The van der Waals surface area contributed by atoms with Crippen LogP contribution in [-0.2, 0) is 9.47 Å². The van der Waals surface area contributed by atoms with Gasteiger partial charge < -0.3 is 14.6 Å². The van der Waals surface area contributed by atoms with Gasteiger partial charge in [-0.2, -0.15) is 0 Å².